The Kier molecular flexibility index (Phi) is 5.90. The molecule has 2 aromatic carbocycles. The number of amides is 1. The van der Waals surface area contributed by atoms with Crippen molar-refractivity contribution in [1.29, 1.82) is 0 Å². The van der Waals surface area contributed by atoms with Gasteiger partial charge in [-0.05, 0) is 43.3 Å². The number of benzene rings is 2. The van der Waals surface area contributed by atoms with E-state index in [0.717, 1.165) is 5.39 Å². The first-order valence-corrected chi connectivity index (χ1v) is 8.89. The summed E-state index contributed by atoms with van der Waals surface area (Å²) >= 11 is 4.96. The van der Waals surface area contributed by atoms with E-state index in [1.165, 1.54) is 6.26 Å². The number of carbonyl (C=O) groups is 2. The molecule has 1 amide bonds. The molecule has 0 spiro atoms. The molecule has 28 heavy (non-hydrogen) atoms. The van der Waals surface area contributed by atoms with E-state index < -0.39 is 11.9 Å². The maximum absolute atomic E-state index is 12.5. The molecule has 0 aliphatic rings. The van der Waals surface area contributed by atoms with Crippen LogP contribution in [0, 0.1) is 0 Å². The molecule has 0 fully saturated rings. The van der Waals surface area contributed by atoms with E-state index in [4.69, 9.17) is 31.8 Å². The third-order valence-electron chi connectivity index (χ3n) is 3.86. The van der Waals surface area contributed by atoms with Crippen molar-refractivity contribution in [3.8, 4) is 5.75 Å². The van der Waals surface area contributed by atoms with Gasteiger partial charge in [-0.1, -0.05) is 18.3 Å². The maximum atomic E-state index is 12.5. The zero-order valence-corrected chi connectivity index (χ0v) is 15.9. The SMILES string of the molecule is CCOC(=O)COc1ccc(NC(=O)c2occ3cc(C(N)=S)ccc23)cc1. The molecule has 3 N–H and O–H groups in total. The highest BCUT2D eigenvalue weighted by molar-refractivity contribution is 7.80. The van der Waals surface area contributed by atoms with Gasteiger partial charge in [0.15, 0.2) is 12.4 Å². The van der Waals surface area contributed by atoms with Crippen LogP contribution in [-0.4, -0.2) is 30.1 Å². The van der Waals surface area contributed by atoms with E-state index in [9.17, 15) is 9.59 Å². The summed E-state index contributed by atoms with van der Waals surface area (Å²) in [6, 6.07) is 11.9. The van der Waals surface area contributed by atoms with Crippen molar-refractivity contribution in [2.75, 3.05) is 18.5 Å². The zero-order chi connectivity index (χ0) is 20.1. The highest BCUT2D eigenvalue weighted by atomic mass is 32.1. The molecule has 0 aliphatic carbocycles. The molecule has 1 heterocycles. The number of ether oxygens (including phenoxy) is 2. The minimum atomic E-state index is -0.442. The van der Waals surface area contributed by atoms with Crippen molar-refractivity contribution < 1.29 is 23.5 Å². The number of anilines is 1. The number of nitrogens with two attached hydrogens (primary N) is 1. The molecule has 3 aromatic rings. The second-order valence-electron chi connectivity index (χ2n) is 5.80. The second-order valence-corrected chi connectivity index (χ2v) is 6.24. The Morgan fingerprint density at radius 1 is 1.18 bits per heavy atom. The van der Waals surface area contributed by atoms with E-state index >= 15 is 0 Å². The van der Waals surface area contributed by atoms with Crippen molar-refractivity contribution in [1.82, 2.24) is 0 Å². The Labute approximate surface area is 166 Å². The van der Waals surface area contributed by atoms with Crippen molar-refractivity contribution in [3.05, 3.63) is 60.1 Å². The lowest BCUT2D eigenvalue weighted by Crippen LogP contribution is -2.14. The fraction of sp³-hybridized carbons (Fsp3) is 0.150. The summed E-state index contributed by atoms with van der Waals surface area (Å²) in [6.07, 6.45) is 1.48. The minimum Gasteiger partial charge on any atom is -0.482 e. The average Bonchev–Trinajstić information content (AvgIpc) is 3.11. The summed E-state index contributed by atoms with van der Waals surface area (Å²) in [7, 11) is 0. The number of thiocarbonyl (C=S) groups is 1. The first-order valence-electron chi connectivity index (χ1n) is 8.49. The molecule has 0 bridgehead atoms. The van der Waals surface area contributed by atoms with E-state index in [-0.39, 0.29) is 17.4 Å². The second kappa shape index (κ2) is 8.53. The Hall–Kier alpha value is -3.39. The lowest BCUT2D eigenvalue weighted by atomic mass is 10.1. The summed E-state index contributed by atoms with van der Waals surface area (Å²) in [5.41, 5.74) is 6.88. The van der Waals surface area contributed by atoms with Crippen LogP contribution in [0.3, 0.4) is 0 Å². The Morgan fingerprint density at radius 3 is 2.61 bits per heavy atom. The van der Waals surface area contributed by atoms with Gasteiger partial charge in [-0.25, -0.2) is 4.79 Å². The van der Waals surface area contributed by atoms with Crippen molar-refractivity contribution in [2.45, 2.75) is 6.92 Å². The molecule has 0 saturated heterocycles. The number of esters is 1. The Balaban J connectivity index is 1.67. The van der Waals surface area contributed by atoms with Gasteiger partial charge in [0, 0.05) is 22.0 Å². The molecule has 7 nitrogen and oxygen atoms in total. The van der Waals surface area contributed by atoms with Crippen LogP contribution in [0.5, 0.6) is 5.75 Å². The molecule has 0 atom stereocenters. The number of nitrogens with one attached hydrogen (secondary N) is 1. The number of fused-ring (bicyclic) bond motifs is 1. The van der Waals surface area contributed by atoms with Crippen LogP contribution in [0.1, 0.15) is 23.0 Å². The first-order chi connectivity index (χ1) is 13.5. The van der Waals surface area contributed by atoms with Crippen molar-refractivity contribution in [3.63, 3.8) is 0 Å². The molecular formula is C20H18N2O5S. The number of hydrogen-bond acceptors (Lipinski definition) is 6. The number of carbonyl (C=O) groups excluding carboxylic acids is 2. The number of furan rings is 1. The normalized spacial score (nSPS) is 10.5. The van der Waals surface area contributed by atoms with E-state index in [2.05, 4.69) is 5.32 Å². The molecular weight excluding hydrogens is 380 g/mol. The lowest BCUT2D eigenvalue weighted by molar-refractivity contribution is -0.145. The molecule has 0 unspecified atom stereocenters. The van der Waals surface area contributed by atoms with Crippen LogP contribution in [0.15, 0.2) is 53.1 Å². The van der Waals surface area contributed by atoms with Crippen molar-refractivity contribution >= 4 is 45.5 Å². The predicted molar refractivity (Wildman–Crippen MR) is 109 cm³/mol. The van der Waals surface area contributed by atoms with Crippen LogP contribution >= 0.6 is 12.2 Å². The van der Waals surface area contributed by atoms with E-state index in [0.29, 0.717) is 29.0 Å². The Bertz CT molecular complexity index is 1030. The third kappa shape index (κ3) is 4.47. The summed E-state index contributed by atoms with van der Waals surface area (Å²) in [5.74, 6) is -0.159. The minimum absolute atomic E-state index is 0.174. The van der Waals surface area contributed by atoms with Crippen LogP contribution in [-0.2, 0) is 9.53 Å². The fourth-order valence-corrected chi connectivity index (χ4v) is 2.68. The highest BCUT2D eigenvalue weighted by Gasteiger charge is 2.16. The number of hydrogen-bond donors (Lipinski definition) is 2. The monoisotopic (exact) mass is 398 g/mol. The van der Waals surface area contributed by atoms with Crippen LogP contribution in [0.4, 0.5) is 5.69 Å². The van der Waals surface area contributed by atoms with Crippen molar-refractivity contribution in [2.24, 2.45) is 5.73 Å². The van der Waals surface area contributed by atoms with Gasteiger partial charge in [-0.2, -0.15) is 0 Å². The van der Waals surface area contributed by atoms with Gasteiger partial charge in [0.1, 0.15) is 10.7 Å². The van der Waals surface area contributed by atoms with Crippen LogP contribution < -0.4 is 15.8 Å². The molecule has 144 valence electrons. The van der Waals surface area contributed by atoms with E-state index in [1.54, 1.807) is 49.4 Å². The summed E-state index contributed by atoms with van der Waals surface area (Å²) in [5, 5.41) is 4.15. The predicted octanol–water partition coefficient (Wildman–Crippen LogP) is 3.26. The van der Waals surface area contributed by atoms with Gasteiger partial charge in [-0.15, -0.1) is 0 Å². The first kappa shape index (κ1) is 19.4. The molecule has 0 radical (unpaired) electrons. The molecule has 0 aliphatic heterocycles. The fourth-order valence-electron chi connectivity index (χ4n) is 2.55. The molecule has 3 rings (SSSR count). The van der Waals surface area contributed by atoms with Gasteiger partial charge in [-0.3, -0.25) is 4.79 Å². The number of rotatable bonds is 7. The lowest BCUT2D eigenvalue weighted by Gasteiger charge is -2.07. The smallest absolute Gasteiger partial charge is 0.344 e. The highest BCUT2D eigenvalue weighted by Crippen LogP contribution is 2.24. The third-order valence-corrected chi connectivity index (χ3v) is 4.10. The van der Waals surface area contributed by atoms with Gasteiger partial charge in [0.25, 0.3) is 5.91 Å². The van der Waals surface area contributed by atoms with Gasteiger partial charge < -0.3 is 24.9 Å². The van der Waals surface area contributed by atoms with E-state index in [1.807, 2.05) is 0 Å². The average molecular weight is 398 g/mol. The summed E-state index contributed by atoms with van der Waals surface area (Å²) < 4.78 is 15.5. The quantitative estimate of drug-likeness (QED) is 0.465. The van der Waals surface area contributed by atoms with Gasteiger partial charge >= 0.3 is 5.97 Å². The molecule has 8 heteroatoms. The topological polar surface area (TPSA) is 104 Å². The summed E-state index contributed by atoms with van der Waals surface area (Å²) in [6.45, 7) is 1.85. The molecule has 0 saturated carbocycles. The largest absolute Gasteiger partial charge is 0.482 e. The summed E-state index contributed by atoms with van der Waals surface area (Å²) in [4.78, 5) is 24.1. The van der Waals surface area contributed by atoms with Gasteiger partial charge in [0.05, 0.1) is 12.9 Å². The Morgan fingerprint density at radius 2 is 1.93 bits per heavy atom. The standard InChI is InChI=1S/C20H18N2O5S/c1-2-25-17(23)11-26-15-6-4-14(5-7-15)22-20(24)18-16-8-3-12(19(21)28)9-13(16)10-27-18/h3-10H,2,11H2,1H3,(H2,21,28)(H,22,24). The molecule has 1 aromatic heterocycles. The van der Waals surface area contributed by atoms with Crippen LogP contribution in [0.25, 0.3) is 10.8 Å². The zero-order valence-electron chi connectivity index (χ0n) is 15.1. The van der Waals surface area contributed by atoms with Gasteiger partial charge in [0.2, 0.25) is 0 Å². The van der Waals surface area contributed by atoms with Crippen LogP contribution in [0.2, 0.25) is 0 Å². The maximum Gasteiger partial charge on any atom is 0.344 e.